The third-order valence-corrected chi connectivity index (χ3v) is 2.38. The molecule has 2 aromatic rings. The van der Waals surface area contributed by atoms with Crippen LogP contribution in [0.15, 0.2) is 30.9 Å². The molecule has 0 unspecified atom stereocenters. The number of nitrogens with one attached hydrogen (secondary N) is 1. The zero-order valence-electron chi connectivity index (χ0n) is 9.22. The van der Waals surface area contributed by atoms with E-state index in [0.717, 1.165) is 17.7 Å². The van der Waals surface area contributed by atoms with Crippen molar-refractivity contribution in [2.24, 2.45) is 5.73 Å². The molecule has 2 rings (SSSR count). The number of rotatable bonds is 4. The Morgan fingerprint density at radius 1 is 1.31 bits per heavy atom. The van der Waals surface area contributed by atoms with Gasteiger partial charge in [0.25, 0.3) is 0 Å². The Hall–Kier alpha value is -1.88. The summed E-state index contributed by atoms with van der Waals surface area (Å²) in [7, 11) is 1.93. The number of nitrogens with two attached hydrogens (primary N) is 1. The van der Waals surface area contributed by atoms with Crippen LogP contribution in [0.5, 0.6) is 0 Å². The number of anilines is 1. The Morgan fingerprint density at radius 2 is 2.06 bits per heavy atom. The summed E-state index contributed by atoms with van der Waals surface area (Å²) >= 11 is 0. The van der Waals surface area contributed by atoms with Gasteiger partial charge in [0.1, 0.15) is 0 Å². The Labute approximate surface area is 94.3 Å². The van der Waals surface area contributed by atoms with Gasteiger partial charge in [0, 0.05) is 56.1 Å². The Morgan fingerprint density at radius 3 is 2.62 bits per heavy atom. The standard InChI is InChI=1S/C11H15N5/c1-16(5-3-12)11-14-7-10(8-15-11)9-2-4-13-6-9/h2,4,6-8,13H,3,5,12H2,1H3. The van der Waals surface area contributed by atoms with Crippen LogP contribution >= 0.6 is 0 Å². The molecule has 0 bridgehead atoms. The third-order valence-electron chi connectivity index (χ3n) is 2.38. The van der Waals surface area contributed by atoms with E-state index < -0.39 is 0 Å². The predicted molar refractivity (Wildman–Crippen MR) is 64.1 cm³/mol. The highest BCUT2D eigenvalue weighted by atomic mass is 15.2. The minimum Gasteiger partial charge on any atom is -0.367 e. The highest BCUT2D eigenvalue weighted by Crippen LogP contribution is 2.17. The molecule has 0 saturated carbocycles. The van der Waals surface area contributed by atoms with Crippen LogP contribution in [0, 0.1) is 0 Å². The summed E-state index contributed by atoms with van der Waals surface area (Å²) < 4.78 is 0. The summed E-state index contributed by atoms with van der Waals surface area (Å²) in [4.78, 5) is 13.5. The van der Waals surface area contributed by atoms with E-state index in [1.165, 1.54) is 0 Å². The molecule has 0 aliphatic carbocycles. The normalized spacial score (nSPS) is 10.4. The number of aromatic nitrogens is 3. The number of nitrogens with zero attached hydrogens (tertiary/aromatic N) is 3. The molecule has 0 fully saturated rings. The summed E-state index contributed by atoms with van der Waals surface area (Å²) in [6.45, 7) is 1.35. The first-order valence-corrected chi connectivity index (χ1v) is 5.17. The number of hydrogen-bond acceptors (Lipinski definition) is 4. The van der Waals surface area contributed by atoms with Crippen molar-refractivity contribution in [1.82, 2.24) is 15.0 Å². The van der Waals surface area contributed by atoms with Gasteiger partial charge in [-0.1, -0.05) is 0 Å². The van der Waals surface area contributed by atoms with Gasteiger partial charge in [-0.05, 0) is 6.07 Å². The minimum absolute atomic E-state index is 0.597. The molecule has 0 amide bonds. The number of likely N-dealkylation sites (N-methyl/N-ethyl adjacent to an activating group) is 1. The van der Waals surface area contributed by atoms with Crippen molar-refractivity contribution >= 4 is 5.95 Å². The fourth-order valence-electron chi connectivity index (χ4n) is 1.46. The second-order valence-electron chi connectivity index (χ2n) is 3.58. The van der Waals surface area contributed by atoms with Crippen LogP contribution in [0.2, 0.25) is 0 Å². The summed E-state index contributed by atoms with van der Waals surface area (Å²) in [6.07, 6.45) is 7.43. The zero-order chi connectivity index (χ0) is 11.4. The number of aromatic amines is 1. The van der Waals surface area contributed by atoms with E-state index in [4.69, 9.17) is 5.73 Å². The van der Waals surface area contributed by atoms with E-state index in [1.807, 2.05) is 42.8 Å². The van der Waals surface area contributed by atoms with E-state index in [2.05, 4.69) is 15.0 Å². The molecule has 0 aliphatic rings. The van der Waals surface area contributed by atoms with Crippen LogP contribution in [0.4, 0.5) is 5.95 Å². The Balaban J connectivity index is 2.16. The van der Waals surface area contributed by atoms with Gasteiger partial charge >= 0.3 is 0 Å². The Bertz CT molecular complexity index is 420. The van der Waals surface area contributed by atoms with Gasteiger partial charge in [-0.25, -0.2) is 9.97 Å². The first-order chi connectivity index (χ1) is 7.81. The molecule has 16 heavy (non-hydrogen) atoms. The van der Waals surface area contributed by atoms with Gasteiger partial charge in [0.15, 0.2) is 0 Å². The minimum atomic E-state index is 0.597. The first-order valence-electron chi connectivity index (χ1n) is 5.17. The third kappa shape index (κ3) is 2.20. The molecule has 0 radical (unpaired) electrons. The molecule has 0 aromatic carbocycles. The lowest BCUT2D eigenvalue weighted by molar-refractivity contribution is 0.846. The van der Waals surface area contributed by atoms with Gasteiger partial charge < -0.3 is 15.6 Å². The lowest BCUT2D eigenvalue weighted by Gasteiger charge is -2.15. The van der Waals surface area contributed by atoms with E-state index in [0.29, 0.717) is 12.5 Å². The molecule has 5 nitrogen and oxygen atoms in total. The maximum atomic E-state index is 5.47. The second kappa shape index (κ2) is 4.76. The maximum absolute atomic E-state index is 5.47. The molecule has 0 atom stereocenters. The fraction of sp³-hybridized carbons (Fsp3) is 0.273. The largest absolute Gasteiger partial charge is 0.367 e. The fourth-order valence-corrected chi connectivity index (χ4v) is 1.46. The van der Waals surface area contributed by atoms with E-state index >= 15 is 0 Å². The van der Waals surface area contributed by atoms with Crippen molar-refractivity contribution in [3.8, 4) is 11.1 Å². The Kier molecular flexibility index (Phi) is 3.16. The van der Waals surface area contributed by atoms with Gasteiger partial charge in [-0.2, -0.15) is 0 Å². The molecule has 2 heterocycles. The summed E-state index contributed by atoms with van der Waals surface area (Å²) in [6, 6.07) is 1.99. The van der Waals surface area contributed by atoms with E-state index in [1.54, 1.807) is 0 Å². The van der Waals surface area contributed by atoms with Gasteiger partial charge in [0.2, 0.25) is 5.95 Å². The van der Waals surface area contributed by atoms with Crippen LogP contribution in [0.1, 0.15) is 0 Å². The van der Waals surface area contributed by atoms with Crippen LogP contribution in [-0.2, 0) is 0 Å². The van der Waals surface area contributed by atoms with Crippen molar-refractivity contribution in [2.75, 3.05) is 25.0 Å². The van der Waals surface area contributed by atoms with E-state index in [9.17, 15) is 0 Å². The predicted octanol–water partition coefficient (Wildman–Crippen LogP) is 0.867. The van der Waals surface area contributed by atoms with Crippen LogP contribution in [-0.4, -0.2) is 35.1 Å². The average molecular weight is 217 g/mol. The van der Waals surface area contributed by atoms with Gasteiger partial charge in [-0.3, -0.25) is 0 Å². The molecule has 0 spiro atoms. The lowest BCUT2D eigenvalue weighted by Crippen LogP contribution is -2.26. The zero-order valence-corrected chi connectivity index (χ0v) is 9.22. The quantitative estimate of drug-likeness (QED) is 0.797. The number of H-pyrrole nitrogens is 1. The smallest absolute Gasteiger partial charge is 0.225 e. The molecule has 0 saturated heterocycles. The average Bonchev–Trinajstić information content (AvgIpc) is 2.83. The summed E-state index contributed by atoms with van der Waals surface area (Å²) in [5.41, 5.74) is 7.57. The summed E-state index contributed by atoms with van der Waals surface area (Å²) in [5.74, 6) is 0.699. The first kappa shape index (κ1) is 10.6. The lowest BCUT2D eigenvalue weighted by atomic mass is 10.2. The molecule has 5 heteroatoms. The molecule has 84 valence electrons. The van der Waals surface area contributed by atoms with Crippen LogP contribution < -0.4 is 10.6 Å². The van der Waals surface area contributed by atoms with Crippen molar-refractivity contribution < 1.29 is 0 Å². The topological polar surface area (TPSA) is 70.8 Å². The van der Waals surface area contributed by atoms with Gasteiger partial charge in [0.05, 0.1) is 0 Å². The molecular formula is C11H15N5. The van der Waals surface area contributed by atoms with Crippen LogP contribution in [0.25, 0.3) is 11.1 Å². The van der Waals surface area contributed by atoms with E-state index in [-0.39, 0.29) is 0 Å². The SMILES string of the molecule is CN(CCN)c1ncc(-c2cc[nH]c2)cn1. The highest BCUT2D eigenvalue weighted by molar-refractivity contribution is 5.60. The van der Waals surface area contributed by atoms with Crippen molar-refractivity contribution in [3.05, 3.63) is 30.9 Å². The number of hydrogen-bond donors (Lipinski definition) is 2. The van der Waals surface area contributed by atoms with Crippen molar-refractivity contribution in [2.45, 2.75) is 0 Å². The maximum Gasteiger partial charge on any atom is 0.225 e. The van der Waals surface area contributed by atoms with Gasteiger partial charge in [-0.15, -0.1) is 0 Å². The summed E-state index contributed by atoms with van der Waals surface area (Å²) in [5, 5.41) is 0. The van der Waals surface area contributed by atoms with Crippen molar-refractivity contribution in [1.29, 1.82) is 0 Å². The monoisotopic (exact) mass is 217 g/mol. The van der Waals surface area contributed by atoms with Crippen LogP contribution in [0.3, 0.4) is 0 Å². The molecule has 3 N–H and O–H groups in total. The van der Waals surface area contributed by atoms with Crippen molar-refractivity contribution in [3.63, 3.8) is 0 Å². The second-order valence-corrected chi connectivity index (χ2v) is 3.58. The molecule has 0 aliphatic heterocycles. The molecular weight excluding hydrogens is 202 g/mol. The highest BCUT2D eigenvalue weighted by Gasteiger charge is 2.04. The molecule has 2 aromatic heterocycles.